The molecule has 0 fully saturated rings. The van der Waals surface area contributed by atoms with Crippen LogP contribution in [0.4, 0.5) is 17.6 Å². The van der Waals surface area contributed by atoms with Crippen LogP contribution in [0, 0.1) is 5.82 Å². The second-order valence-electron chi connectivity index (χ2n) is 9.68. The fourth-order valence-electron chi connectivity index (χ4n) is 4.51. The molecule has 4 rings (SSSR count). The molecule has 39 heavy (non-hydrogen) atoms. The van der Waals surface area contributed by atoms with Gasteiger partial charge in [-0.25, -0.2) is 4.39 Å². The number of pyridine rings is 1. The fourth-order valence-corrected chi connectivity index (χ4v) is 4.51. The molecule has 1 heterocycles. The summed E-state index contributed by atoms with van der Waals surface area (Å²) in [5.41, 5.74) is 3.46. The molecule has 0 amide bonds. The maximum atomic E-state index is 15.2. The van der Waals surface area contributed by atoms with Crippen molar-refractivity contribution in [3.63, 3.8) is 0 Å². The van der Waals surface area contributed by atoms with E-state index < -0.39 is 6.36 Å². The third-order valence-corrected chi connectivity index (χ3v) is 6.67. The van der Waals surface area contributed by atoms with Crippen molar-refractivity contribution >= 4 is 10.8 Å². The summed E-state index contributed by atoms with van der Waals surface area (Å²) in [6.45, 7) is 2.90. The van der Waals surface area contributed by atoms with Crippen molar-refractivity contribution in [1.82, 2.24) is 4.98 Å². The highest BCUT2D eigenvalue weighted by molar-refractivity contribution is 5.84. The van der Waals surface area contributed by atoms with Gasteiger partial charge in [0.25, 0.3) is 0 Å². The lowest BCUT2D eigenvalue weighted by atomic mass is 9.98. The first-order valence-electron chi connectivity index (χ1n) is 13.4. The number of hydrogen-bond donors (Lipinski definition) is 0. The quantitative estimate of drug-likeness (QED) is 0.126. The van der Waals surface area contributed by atoms with Gasteiger partial charge in [0.1, 0.15) is 17.3 Å². The van der Waals surface area contributed by atoms with Gasteiger partial charge in [0, 0.05) is 11.1 Å². The van der Waals surface area contributed by atoms with Crippen LogP contribution in [0.3, 0.4) is 0 Å². The lowest BCUT2D eigenvalue weighted by Gasteiger charge is -2.10. The minimum atomic E-state index is -4.72. The Kier molecular flexibility index (Phi) is 9.79. The molecule has 0 aliphatic heterocycles. The standard InChI is InChI=1S/C32H33F4NO2/c1-2-3-4-5-20-38-29-18-15-27(37-22-29)14-7-24-10-19-30-26(21-24)13-12-25(31(30)33)11-6-23-8-16-28(17-9-23)39-32(34,35)36/h8-10,12-13,15-19,21-22H,2-7,11,14,20H2,1H3. The van der Waals surface area contributed by atoms with Crippen LogP contribution in [0.1, 0.15) is 55.0 Å². The summed E-state index contributed by atoms with van der Waals surface area (Å²) in [4.78, 5) is 4.52. The molecule has 0 saturated heterocycles. The van der Waals surface area contributed by atoms with Gasteiger partial charge in [-0.05, 0) is 78.4 Å². The summed E-state index contributed by atoms with van der Waals surface area (Å²) in [6, 6.07) is 19.1. The zero-order chi connectivity index (χ0) is 27.7. The predicted molar refractivity (Wildman–Crippen MR) is 146 cm³/mol. The molecule has 7 heteroatoms. The number of nitrogens with zero attached hydrogens (tertiary/aromatic N) is 1. The number of benzene rings is 3. The highest BCUT2D eigenvalue weighted by atomic mass is 19.4. The number of fused-ring (bicyclic) bond motifs is 1. The van der Waals surface area contributed by atoms with Crippen LogP contribution in [-0.2, 0) is 25.7 Å². The number of aryl methyl sites for hydroxylation is 4. The summed E-state index contributed by atoms with van der Waals surface area (Å²) in [6.07, 6.45) is 4.23. The maximum absolute atomic E-state index is 15.2. The van der Waals surface area contributed by atoms with Gasteiger partial charge >= 0.3 is 6.36 Å². The van der Waals surface area contributed by atoms with E-state index in [1.165, 1.54) is 31.4 Å². The molecular formula is C32H33F4NO2. The van der Waals surface area contributed by atoms with E-state index in [2.05, 4.69) is 16.6 Å². The van der Waals surface area contributed by atoms with Crippen molar-refractivity contribution in [3.8, 4) is 11.5 Å². The van der Waals surface area contributed by atoms with E-state index in [1.54, 1.807) is 24.4 Å². The molecule has 0 N–H and O–H groups in total. The van der Waals surface area contributed by atoms with Crippen molar-refractivity contribution in [2.75, 3.05) is 6.61 Å². The van der Waals surface area contributed by atoms with Crippen molar-refractivity contribution in [2.24, 2.45) is 0 Å². The van der Waals surface area contributed by atoms with Gasteiger partial charge in [-0.2, -0.15) is 0 Å². The van der Waals surface area contributed by atoms with Crippen LogP contribution >= 0.6 is 0 Å². The molecule has 3 nitrogen and oxygen atoms in total. The zero-order valence-electron chi connectivity index (χ0n) is 22.1. The summed E-state index contributed by atoms with van der Waals surface area (Å²) in [5, 5.41) is 1.39. The van der Waals surface area contributed by atoms with E-state index in [4.69, 9.17) is 4.74 Å². The van der Waals surface area contributed by atoms with E-state index in [-0.39, 0.29) is 11.6 Å². The molecule has 0 radical (unpaired) electrons. The second kappa shape index (κ2) is 13.5. The zero-order valence-corrected chi connectivity index (χ0v) is 22.1. The summed E-state index contributed by atoms with van der Waals surface area (Å²) < 4.78 is 61.9. The van der Waals surface area contributed by atoms with Crippen molar-refractivity contribution in [3.05, 3.63) is 101 Å². The molecule has 1 aromatic heterocycles. The first-order chi connectivity index (χ1) is 18.8. The number of alkyl halides is 3. The highest BCUT2D eigenvalue weighted by Crippen LogP contribution is 2.26. The minimum Gasteiger partial charge on any atom is -0.492 e. The normalized spacial score (nSPS) is 11.6. The van der Waals surface area contributed by atoms with Crippen molar-refractivity contribution in [1.29, 1.82) is 0 Å². The topological polar surface area (TPSA) is 31.4 Å². The maximum Gasteiger partial charge on any atom is 0.573 e. The second-order valence-corrected chi connectivity index (χ2v) is 9.68. The van der Waals surface area contributed by atoms with Crippen LogP contribution < -0.4 is 9.47 Å². The molecule has 0 aliphatic rings. The molecule has 0 spiro atoms. The third-order valence-electron chi connectivity index (χ3n) is 6.67. The third kappa shape index (κ3) is 8.70. The Balaban J connectivity index is 1.30. The first-order valence-corrected chi connectivity index (χ1v) is 13.4. The number of unbranched alkanes of at least 4 members (excludes halogenated alkanes) is 3. The average Bonchev–Trinajstić information content (AvgIpc) is 2.92. The summed E-state index contributed by atoms with van der Waals surface area (Å²) in [5.74, 6) is 0.261. The van der Waals surface area contributed by atoms with E-state index in [9.17, 15) is 13.2 Å². The number of halogens is 4. The van der Waals surface area contributed by atoms with E-state index in [1.807, 2.05) is 36.4 Å². The molecule has 0 saturated carbocycles. The van der Waals surface area contributed by atoms with Gasteiger partial charge in [-0.1, -0.05) is 68.7 Å². The van der Waals surface area contributed by atoms with Crippen LogP contribution in [0.25, 0.3) is 10.8 Å². The molecule has 3 aromatic carbocycles. The minimum absolute atomic E-state index is 0.261. The van der Waals surface area contributed by atoms with Crippen LogP contribution in [-0.4, -0.2) is 18.0 Å². The average molecular weight is 540 g/mol. The Hall–Kier alpha value is -3.61. The monoisotopic (exact) mass is 539 g/mol. The fraction of sp³-hybridized carbons (Fsp3) is 0.344. The van der Waals surface area contributed by atoms with E-state index in [0.717, 1.165) is 47.2 Å². The number of rotatable bonds is 13. The first kappa shape index (κ1) is 28.4. The molecular weight excluding hydrogens is 506 g/mol. The molecule has 206 valence electrons. The Morgan fingerprint density at radius 3 is 2.21 bits per heavy atom. The lowest BCUT2D eigenvalue weighted by molar-refractivity contribution is -0.274. The highest BCUT2D eigenvalue weighted by Gasteiger charge is 2.30. The lowest BCUT2D eigenvalue weighted by Crippen LogP contribution is -2.17. The number of hydrogen-bond acceptors (Lipinski definition) is 3. The smallest absolute Gasteiger partial charge is 0.492 e. The van der Waals surface area contributed by atoms with Gasteiger partial charge in [0.05, 0.1) is 12.8 Å². The number of ether oxygens (including phenoxy) is 2. The largest absolute Gasteiger partial charge is 0.573 e. The van der Waals surface area contributed by atoms with Gasteiger partial charge in [-0.3, -0.25) is 4.98 Å². The van der Waals surface area contributed by atoms with E-state index >= 15 is 4.39 Å². The number of aromatic nitrogens is 1. The van der Waals surface area contributed by atoms with Gasteiger partial charge < -0.3 is 9.47 Å². The van der Waals surface area contributed by atoms with Crippen LogP contribution in [0.5, 0.6) is 11.5 Å². The van der Waals surface area contributed by atoms with Crippen molar-refractivity contribution in [2.45, 2.75) is 64.7 Å². The Morgan fingerprint density at radius 2 is 1.49 bits per heavy atom. The Bertz CT molecular complexity index is 1340. The molecule has 0 atom stereocenters. The van der Waals surface area contributed by atoms with E-state index in [0.29, 0.717) is 30.4 Å². The SMILES string of the molecule is CCCCCCOc1ccc(CCc2ccc3c(F)c(CCc4ccc(OC(F)(F)F)cc4)ccc3c2)nc1. The predicted octanol–water partition coefficient (Wildman–Crippen LogP) is 8.80. The summed E-state index contributed by atoms with van der Waals surface area (Å²) in [7, 11) is 0. The molecule has 0 unspecified atom stereocenters. The molecule has 0 bridgehead atoms. The van der Waals surface area contributed by atoms with Crippen LogP contribution in [0.2, 0.25) is 0 Å². The molecule has 0 aliphatic carbocycles. The van der Waals surface area contributed by atoms with Gasteiger partial charge in [-0.15, -0.1) is 13.2 Å². The Morgan fingerprint density at radius 1 is 0.744 bits per heavy atom. The van der Waals surface area contributed by atoms with Gasteiger partial charge in [0.2, 0.25) is 0 Å². The van der Waals surface area contributed by atoms with Crippen LogP contribution in [0.15, 0.2) is 72.9 Å². The van der Waals surface area contributed by atoms with Crippen molar-refractivity contribution < 1.29 is 27.0 Å². The Labute approximate surface area is 226 Å². The molecule has 4 aromatic rings. The van der Waals surface area contributed by atoms with Gasteiger partial charge in [0.15, 0.2) is 0 Å². The summed E-state index contributed by atoms with van der Waals surface area (Å²) >= 11 is 0.